The fourth-order valence-corrected chi connectivity index (χ4v) is 1.56. The van der Waals surface area contributed by atoms with Gasteiger partial charge < -0.3 is 5.32 Å². The average molecular weight is 244 g/mol. The van der Waals surface area contributed by atoms with Crippen LogP contribution in [0.5, 0.6) is 0 Å². The summed E-state index contributed by atoms with van der Waals surface area (Å²) in [4.78, 5) is 11.5. The average Bonchev–Trinajstić information content (AvgIpc) is 2.25. The van der Waals surface area contributed by atoms with Gasteiger partial charge in [0, 0.05) is 6.42 Å². The molecular formula is C12H15ClFNO. The largest absolute Gasteiger partial charge is 0.310 e. The van der Waals surface area contributed by atoms with Crippen LogP contribution in [-0.2, 0) is 11.2 Å². The van der Waals surface area contributed by atoms with Crippen molar-refractivity contribution in [2.45, 2.75) is 19.8 Å². The minimum absolute atomic E-state index is 0.0148. The first-order valence-electron chi connectivity index (χ1n) is 5.30. The molecule has 0 saturated heterocycles. The zero-order valence-corrected chi connectivity index (χ0v) is 9.98. The van der Waals surface area contributed by atoms with E-state index in [1.54, 1.807) is 12.1 Å². The van der Waals surface area contributed by atoms with Crippen molar-refractivity contribution in [3.8, 4) is 0 Å². The van der Waals surface area contributed by atoms with Crippen LogP contribution in [-0.4, -0.2) is 18.9 Å². The summed E-state index contributed by atoms with van der Waals surface area (Å²) >= 11 is 5.75. The van der Waals surface area contributed by atoms with E-state index >= 15 is 0 Å². The van der Waals surface area contributed by atoms with Crippen LogP contribution in [0, 0.1) is 5.82 Å². The molecule has 0 aliphatic carbocycles. The third kappa shape index (κ3) is 3.91. The molecule has 0 spiro atoms. The van der Waals surface area contributed by atoms with Crippen molar-refractivity contribution in [1.29, 1.82) is 0 Å². The Hall–Kier alpha value is -0.930. The van der Waals surface area contributed by atoms with E-state index in [0.717, 1.165) is 13.0 Å². The molecular weight excluding hydrogens is 229 g/mol. The Morgan fingerprint density at radius 1 is 1.50 bits per heavy atom. The number of carbonyl (C=O) groups is 1. The molecule has 0 aromatic heterocycles. The van der Waals surface area contributed by atoms with Crippen molar-refractivity contribution in [3.05, 3.63) is 34.6 Å². The second-order valence-corrected chi connectivity index (χ2v) is 3.98. The van der Waals surface area contributed by atoms with Gasteiger partial charge in [-0.3, -0.25) is 4.79 Å². The summed E-state index contributed by atoms with van der Waals surface area (Å²) in [5.74, 6) is -0.463. The fourth-order valence-electron chi connectivity index (χ4n) is 1.36. The van der Waals surface area contributed by atoms with E-state index in [2.05, 4.69) is 5.32 Å². The smallest absolute Gasteiger partial charge is 0.151 e. The highest BCUT2D eigenvalue weighted by Crippen LogP contribution is 2.19. The molecule has 4 heteroatoms. The summed E-state index contributed by atoms with van der Waals surface area (Å²) in [6.45, 7) is 3.14. The van der Waals surface area contributed by atoms with Crippen molar-refractivity contribution in [3.63, 3.8) is 0 Å². The number of hydrogen-bond donors (Lipinski definition) is 1. The normalized spacial score (nSPS) is 10.4. The van der Waals surface area contributed by atoms with E-state index in [-0.39, 0.29) is 17.2 Å². The lowest BCUT2D eigenvalue weighted by molar-refractivity contribution is -0.117. The first-order chi connectivity index (χ1) is 7.65. The summed E-state index contributed by atoms with van der Waals surface area (Å²) in [6, 6.07) is 4.51. The van der Waals surface area contributed by atoms with Gasteiger partial charge in [-0.25, -0.2) is 4.39 Å². The van der Waals surface area contributed by atoms with Gasteiger partial charge in [0.25, 0.3) is 0 Å². The number of nitrogens with one attached hydrogen (secondary N) is 1. The van der Waals surface area contributed by atoms with Gasteiger partial charge in [0.1, 0.15) is 5.82 Å². The first-order valence-corrected chi connectivity index (χ1v) is 5.68. The number of rotatable bonds is 6. The van der Waals surface area contributed by atoms with Crippen LogP contribution in [0.15, 0.2) is 18.2 Å². The van der Waals surface area contributed by atoms with Gasteiger partial charge in [0.05, 0.1) is 11.6 Å². The molecule has 16 heavy (non-hydrogen) atoms. The number of halogens is 2. The topological polar surface area (TPSA) is 29.1 Å². The molecule has 0 fully saturated rings. The maximum absolute atomic E-state index is 13.1. The van der Waals surface area contributed by atoms with Crippen molar-refractivity contribution in [2.75, 3.05) is 13.1 Å². The first kappa shape index (κ1) is 13.1. The van der Waals surface area contributed by atoms with Crippen LogP contribution in [0.3, 0.4) is 0 Å². The summed E-state index contributed by atoms with van der Waals surface area (Å²) in [5, 5.41) is 3.05. The van der Waals surface area contributed by atoms with Crippen LogP contribution < -0.4 is 5.32 Å². The molecule has 0 atom stereocenters. The predicted octanol–water partition coefficient (Wildman–Crippen LogP) is 2.59. The van der Waals surface area contributed by atoms with E-state index in [4.69, 9.17) is 11.6 Å². The van der Waals surface area contributed by atoms with Gasteiger partial charge in [-0.2, -0.15) is 0 Å². The lowest BCUT2D eigenvalue weighted by atomic mass is 10.1. The lowest BCUT2D eigenvalue weighted by Crippen LogP contribution is -2.24. The van der Waals surface area contributed by atoms with E-state index in [0.29, 0.717) is 12.1 Å². The molecule has 1 aromatic carbocycles. The molecule has 0 saturated carbocycles. The van der Waals surface area contributed by atoms with Gasteiger partial charge in [-0.1, -0.05) is 30.7 Å². The molecule has 0 aliphatic rings. The van der Waals surface area contributed by atoms with Crippen LogP contribution in [0.2, 0.25) is 5.02 Å². The number of Topliss-reactive ketones (excluding diaryl/α,β-unsaturated/α-hetero) is 1. The molecule has 0 aliphatic heterocycles. The summed E-state index contributed by atoms with van der Waals surface area (Å²) in [7, 11) is 0. The predicted molar refractivity (Wildman–Crippen MR) is 63.3 cm³/mol. The molecule has 2 nitrogen and oxygen atoms in total. The van der Waals surface area contributed by atoms with Crippen molar-refractivity contribution in [1.82, 2.24) is 5.32 Å². The number of benzene rings is 1. The number of hydrogen-bond acceptors (Lipinski definition) is 2. The van der Waals surface area contributed by atoms with Crippen molar-refractivity contribution >= 4 is 17.4 Å². The van der Waals surface area contributed by atoms with Crippen molar-refractivity contribution < 1.29 is 9.18 Å². The number of carbonyl (C=O) groups excluding carboxylic acids is 1. The quantitative estimate of drug-likeness (QED) is 0.779. The van der Waals surface area contributed by atoms with E-state index in [1.165, 1.54) is 6.07 Å². The highest BCUT2D eigenvalue weighted by Gasteiger charge is 2.09. The summed E-state index contributed by atoms with van der Waals surface area (Å²) in [6.07, 6.45) is 1.15. The minimum atomic E-state index is -0.478. The molecule has 1 rings (SSSR count). The fraction of sp³-hybridized carbons (Fsp3) is 0.417. The molecule has 0 bridgehead atoms. The van der Waals surface area contributed by atoms with Gasteiger partial charge in [0.15, 0.2) is 5.78 Å². The van der Waals surface area contributed by atoms with Gasteiger partial charge >= 0.3 is 0 Å². The third-order valence-corrected chi connectivity index (χ3v) is 2.59. The Labute approximate surface area is 99.8 Å². The van der Waals surface area contributed by atoms with Gasteiger partial charge in [-0.15, -0.1) is 0 Å². The third-order valence-electron chi connectivity index (χ3n) is 2.17. The monoisotopic (exact) mass is 243 g/mol. The lowest BCUT2D eigenvalue weighted by Gasteiger charge is -2.05. The van der Waals surface area contributed by atoms with Gasteiger partial charge in [-0.05, 0) is 24.6 Å². The highest BCUT2D eigenvalue weighted by molar-refractivity contribution is 6.31. The van der Waals surface area contributed by atoms with Crippen LogP contribution in [0.1, 0.15) is 18.9 Å². The van der Waals surface area contributed by atoms with Crippen LogP contribution in [0.4, 0.5) is 4.39 Å². The SMILES string of the molecule is CCCNCC(=O)Cc1cccc(F)c1Cl. The molecule has 0 heterocycles. The summed E-state index contributed by atoms with van der Waals surface area (Å²) < 4.78 is 13.1. The molecule has 88 valence electrons. The Balaban J connectivity index is 2.53. The molecule has 1 aromatic rings. The minimum Gasteiger partial charge on any atom is -0.310 e. The number of ketones is 1. The van der Waals surface area contributed by atoms with E-state index < -0.39 is 5.82 Å². The Morgan fingerprint density at radius 3 is 2.94 bits per heavy atom. The highest BCUT2D eigenvalue weighted by atomic mass is 35.5. The standard InChI is InChI=1S/C12H15ClFNO/c1-2-6-15-8-10(16)7-9-4-3-5-11(14)12(9)13/h3-5,15H,2,6-8H2,1H3. The molecule has 0 amide bonds. The Bertz CT molecular complexity index is 368. The van der Waals surface area contributed by atoms with E-state index in [1.807, 2.05) is 6.92 Å². The Kier molecular flexibility index (Phi) is 5.43. The van der Waals surface area contributed by atoms with Gasteiger partial charge in [0.2, 0.25) is 0 Å². The van der Waals surface area contributed by atoms with Crippen LogP contribution in [0.25, 0.3) is 0 Å². The van der Waals surface area contributed by atoms with Crippen molar-refractivity contribution in [2.24, 2.45) is 0 Å². The molecule has 0 unspecified atom stereocenters. The molecule has 1 N–H and O–H groups in total. The summed E-state index contributed by atoms with van der Waals surface area (Å²) in [5.41, 5.74) is 0.546. The zero-order chi connectivity index (χ0) is 12.0. The maximum atomic E-state index is 13.1. The van der Waals surface area contributed by atoms with E-state index in [9.17, 15) is 9.18 Å². The van der Waals surface area contributed by atoms with Crippen LogP contribution >= 0.6 is 11.6 Å². The second kappa shape index (κ2) is 6.61. The second-order valence-electron chi connectivity index (χ2n) is 3.61. The maximum Gasteiger partial charge on any atom is 0.151 e. The molecule has 0 radical (unpaired) electrons. The Morgan fingerprint density at radius 2 is 2.25 bits per heavy atom. The zero-order valence-electron chi connectivity index (χ0n) is 9.22.